The summed E-state index contributed by atoms with van der Waals surface area (Å²) < 4.78 is 5.38. The van der Waals surface area contributed by atoms with Gasteiger partial charge in [-0.1, -0.05) is 6.07 Å². The van der Waals surface area contributed by atoms with E-state index in [0.717, 1.165) is 45.9 Å². The lowest BCUT2D eigenvalue weighted by Crippen LogP contribution is -2.27. The molecule has 0 radical (unpaired) electrons. The molecule has 0 bridgehead atoms. The SMILES string of the molecule is CC(C)OC(=O)c1sc2nc3c(c(-c4cccs4)c2c1N)CN(C)CC3. The van der Waals surface area contributed by atoms with Gasteiger partial charge in [0, 0.05) is 41.0 Å². The Bertz CT molecular complexity index is 977. The molecule has 0 saturated carbocycles. The van der Waals surface area contributed by atoms with Crippen LogP contribution in [0.25, 0.3) is 20.7 Å². The smallest absolute Gasteiger partial charge is 0.350 e. The Morgan fingerprint density at radius 2 is 2.23 bits per heavy atom. The van der Waals surface area contributed by atoms with Gasteiger partial charge in [-0.25, -0.2) is 9.78 Å². The third-order valence-corrected chi connectivity index (χ3v) is 6.48. The van der Waals surface area contributed by atoms with Crippen molar-refractivity contribution in [2.45, 2.75) is 32.9 Å². The summed E-state index contributed by atoms with van der Waals surface area (Å²) in [6, 6.07) is 4.15. The van der Waals surface area contributed by atoms with Crippen molar-refractivity contribution in [1.82, 2.24) is 9.88 Å². The van der Waals surface area contributed by atoms with Gasteiger partial charge in [-0.05, 0) is 37.9 Å². The largest absolute Gasteiger partial charge is 0.459 e. The molecule has 0 fully saturated rings. The van der Waals surface area contributed by atoms with E-state index in [1.54, 1.807) is 11.3 Å². The summed E-state index contributed by atoms with van der Waals surface area (Å²) in [7, 11) is 2.12. The lowest BCUT2D eigenvalue weighted by Gasteiger charge is -2.26. The maximum Gasteiger partial charge on any atom is 0.350 e. The number of hydrogen-bond donors (Lipinski definition) is 1. The summed E-state index contributed by atoms with van der Waals surface area (Å²) in [6.07, 6.45) is 0.725. The molecule has 3 aromatic rings. The lowest BCUT2D eigenvalue weighted by molar-refractivity contribution is 0.0385. The average molecular weight is 388 g/mol. The van der Waals surface area contributed by atoms with Gasteiger partial charge in [0.1, 0.15) is 9.71 Å². The van der Waals surface area contributed by atoms with Gasteiger partial charge in [0.15, 0.2) is 0 Å². The zero-order valence-electron chi connectivity index (χ0n) is 15.0. The first-order chi connectivity index (χ1) is 12.5. The molecule has 3 aromatic heterocycles. The second-order valence-corrected chi connectivity index (χ2v) is 8.80. The number of aromatic nitrogens is 1. The fourth-order valence-corrected chi connectivity index (χ4v) is 5.18. The van der Waals surface area contributed by atoms with Gasteiger partial charge in [-0.2, -0.15) is 0 Å². The number of fused-ring (bicyclic) bond motifs is 2. The summed E-state index contributed by atoms with van der Waals surface area (Å²) in [5.74, 6) is -0.368. The third-order valence-electron chi connectivity index (χ3n) is 4.52. The van der Waals surface area contributed by atoms with Crippen molar-refractivity contribution >= 4 is 44.5 Å². The predicted octanol–water partition coefficient (Wildman–Crippen LogP) is 4.16. The summed E-state index contributed by atoms with van der Waals surface area (Å²) >= 11 is 3.03. The van der Waals surface area contributed by atoms with E-state index in [1.165, 1.54) is 16.9 Å². The van der Waals surface area contributed by atoms with Crippen molar-refractivity contribution in [2.75, 3.05) is 19.3 Å². The molecule has 0 atom stereocenters. The van der Waals surface area contributed by atoms with Crippen LogP contribution in [0.1, 0.15) is 34.8 Å². The quantitative estimate of drug-likeness (QED) is 0.684. The van der Waals surface area contributed by atoms with E-state index in [-0.39, 0.29) is 12.1 Å². The second kappa shape index (κ2) is 6.64. The van der Waals surface area contributed by atoms with Gasteiger partial charge in [-0.15, -0.1) is 22.7 Å². The van der Waals surface area contributed by atoms with Crippen molar-refractivity contribution in [3.63, 3.8) is 0 Å². The van der Waals surface area contributed by atoms with Crippen molar-refractivity contribution in [3.05, 3.63) is 33.6 Å². The van der Waals surface area contributed by atoms with Crippen LogP contribution in [-0.4, -0.2) is 35.5 Å². The van der Waals surface area contributed by atoms with Crippen molar-refractivity contribution < 1.29 is 9.53 Å². The molecule has 136 valence electrons. The zero-order valence-corrected chi connectivity index (χ0v) is 16.7. The van der Waals surface area contributed by atoms with Gasteiger partial charge in [0.2, 0.25) is 0 Å². The standard InChI is InChI=1S/C19H21N3O2S2/c1-10(2)24-19(23)17-16(20)15-14(13-5-4-8-25-13)11-9-22(3)7-6-12(11)21-18(15)26-17/h4-5,8,10H,6-7,9,20H2,1-3H3. The highest BCUT2D eigenvalue weighted by molar-refractivity contribution is 7.21. The minimum atomic E-state index is -0.368. The number of pyridine rings is 1. The highest BCUT2D eigenvalue weighted by Gasteiger charge is 2.27. The number of carbonyl (C=O) groups excluding carboxylic acids is 1. The monoisotopic (exact) mass is 387 g/mol. The molecule has 4 heterocycles. The first-order valence-corrected chi connectivity index (χ1v) is 10.3. The Balaban J connectivity index is 1.99. The number of carbonyl (C=O) groups is 1. The molecule has 26 heavy (non-hydrogen) atoms. The van der Waals surface area contributed by atoms with Crippen LogP contribution in [0.15, 0.2) is 17.5 Å². The van der Waals surface area contributed by atoms with Crippen LogP contribution in [0.4, 0.5) is 5.69 Å². The van der Waals surface area contributed by atoms with Crippen LogP contribution in [-0.2, 0) is 17.7 Å². The number of anilines is 1. The molecule has 0 spiro atoms. The van der Waals surface area contributed by atoms with E-state index in [0.29, 0.717) is 10.6 Å². The Hall–Kier alpha value is -1.96. The summed E-state index contributed by atoms with van der Waals surface area (Å²) in [4.78, 5) is 22.1. The van der Waals surface area contributed by atoms with E-state index in [4.69, 9.17) is 15.5 Å². The summed E-state index contributed by atoms with van der Waals surface area (Å²) in [5, 5.41) is 2.96. The van der Waals surface area contributed by atoms with E-state index in [2.05, 4.69) is 23.4 Å². The van der Waals surface area contributed by atoms with Crippen molar-refractivity contribution in [1.29, 1.82) is 0 Å². The Morgan fingerprint density at radius 1 is 1.42 bits per heavy atom. The fourth-order valence-electron chi connectivity index (χ4n) is 3.37. The molecule has 0 amide bonds. The Morgan fingerprint density at radius 3 is 2.92 bits per heavy atom. The molecule has 1 aliphatic heterocycles. The van der Waals surface area contributed by atoms with Gasteiger partial charge in [0.25, 0.3) is 0 Å². The lowest BCUT2D eigenvalue weighted by atomic mass is 9.96. The van der Waals surface area contributed by atoms with Gasteiger partial charge in [0.05, 0.1) is 11.8 Å². The van der Waals surface area contributed by atoms with Crippen LogP contribution >= 0.6 is 22.7 Å². The Kier molecular flexibility index (Phi) is 4.46. The van der Waals surface area contributed by atoms with E-state index in [9.17, 15) is 4.79 Å². The topological polar surface area (TPSA) is 68.4 Å². The molecule has 0 unspecified atom stereocenters. The van der Waals surface area contributed by atoms with Gasteiger partial charge >= 0.3 is 5.97 Å². The summed E-state index contributed by atoms with van der Waals surface area (Å²) in [5.41, 5.74) is 10.4. The molecular weight excluding hydrogens is 366 g/mol. The number of hydrogen-bond acceptors (Lipinski definition) is 7. The molecule has 1 aliphatic rings. The average Bonchev–Trinajstić information content (AvgIpc) is 3.21. The molecule has 0 saturated heterocycles. The van der Waals surface area contributed by atoms with Crippen LogP contribution in [0.3, 0.4) is 0 Å². The number of thiophene rings is 2. The molecule has 4 rings (SSSR count). The number of nitrogens with two attached hydrogens (primary N) is 1. The number of nitrogens with zero attached hydrogens (tertiary/aromatic N) is 2. The predicted molar refractivity (Wildman–Crippen MR) is 108 cm³/mol. The van der Waals surface area contributed by atoms with Gasteiger partial charge in [-0.3, -0.25) is 0 Å². The molecule has 0 aliphatic carbocycles. The minimum Gasteiger partial charge on any atom is -0.459 e. The maximum absolute atomic E-state index is 12.5. The van der Waals surface area contributed by atoms with Crippen LogP contribution in [0.2, 0.25) is 0 Å². The first kappa shape index (κ1) is 17.5. The number of rotatable bonds is 3. The maximum atomic E-state index is 12.5. The zero-order chi connectivity index (χ0) is 18.4. The van der Waals surface area contributed by atoms with Crippen LogP contribution in [0.5, 0.6) is 0 Å². The first-order valence-electron chi connectivity index (χ1n) is 8.62. The number of ether oxygens (including phenoxy) is 1. The normalized spacial score (nSPS) is 14.8. The summed E-state index contributed by atoms with van der Waals surface area (Å²) in [6.45, 7) is 5.50. The third kappa shape index (κ3) is 2.90. The Labute approximate surface area is 160 Å². The molecular formula is C19H21N3O2S2. The molecule has 2 N–H and O–H groups in total. The fraction of sp³-hybridized carbons (Fsp3) is 0.368. The highest BCUT2D eigenvalue weighted by atomic mass is 32.1. The molecule has 7 heteroatoms. The van der Waals surface area contributed by atoms with Crippen molar-refractivity contribution in [2.24, 2.45) is 0 Å². The van der Waals surface area contributed by atoms with E-state index >= 15 is 0 Å². The van der Waals surface area contributed by atoms with Crippen LogP contribution < -0.4 is 5.73 Å². The van der Waals surface area contributed by atoms with Gasteiger partial charge < -0.3 is 15.4 Å². The van der Waals surface area contributed by atoms with Crippen LogP contribution in [0, 0.1) is 0 Å². The van der Waals surface area contributed by atoms with E-state index in [1.807, 2.05) is 19.9 Å². The molecule has 5 nitrogen and oxygen atoms in total. The highest BCUT2D eigenvalue weighted by Crippen LogP contribution is 2.44. The minimum absolute atomic E-state index is 0.182. The van der Waals surface area contributed by atoms with Crippen molar-refractivity contribution in [3.8, 4) is 10.4 Å². The van der Waals surface area contributed by atoms with E-state index < -0.39 is 0 Å². The number of likely N-dealkylation sites (N-methyl/N-ethyl adjacent to an activating group) is 1. The second-order valence-electron chi connectivity index (χ2n) is 6.86. The number of nitrogen functional groups attached to an aromatic ring is 1. The number of esters is 1. The molecule has 0 aromatic carbocycles.